The lowest BCUT2D eigenvalue weighted by Gasteiger charge is -2.13. The molecular weight excluding hydrogens is 320 g/mol. The van der Waals surface area contributed by atoms with E-state index in [1.165, 1.54) is 12.1 Å². The predicted octanol–water partition coefficient (Wildman–Crippen LogP) is 2.99. The Labute approximate surface area is 144 Å². The van der Waals surface area contributed by atoms with E-state index in [1.807, 2.05) is 26.0 Å². The summed E-state index contributed by atoms with van der Waals surface area (Å²) in [6, 6.07) is 10.3. The van der Waals surface area contributed by atoms with Crippen LogP contribution in [0.2, 0.25) is 0 Å². The first-order valence-electron chi connectivity index (χ1n) is 7.86. The standard InChI is InChI=1S/C18H18N4O3/c1-11-4-3-9-19-16(11)12(2)20-10-15-21-17(22-25-15)13-5-7-14(8-6-13)18(23)24/h3-9,12,20H,10H2,1-2H3,(H,23,24)/t12-/m0/s1. The third-order valence-corrected chi connectivity index (χ3v) is 3.88. The van der Waals surface area contributed by atoms with Crippen LogP contribution in [-0.2, 0) is 6.54 Å². The second-order valence-electron chi connectivity index (χ2n) is 5.70. The van der Waals surface area contributed by atoms with Gasteiger partial charge in [0.05, 0.1) is 17.8 Å². The summed E-state index contributed by atoms with van der Waals surface area (Å²) in [5.41, 5.74) is 3.01. The Balaban J connectivity index is 1.65. The number of benzene rings is 1. The van der Waals surface area contributed by atoms with Crippen LogP contribution in [-0.4, -0.2) is 26.2 Å². The Morgan fingerprint density at radius 1 is 1.28 bits per heavy atom. The van der Waals surface area contributed by atoms with Crippen LogP contribution in [0.3, 0.4) is 0 Å². The molecule has 3 aromatic rings. The van der Waals surface area contributed by atoms with Gasteiger partial charge in [0.1, 0.15) is 0 Å². The van der Waals surface area contributed by atoms with Crippen molar-refractivity contribution < 1.29 is 14.4 Å². The molecule has 0 aliphatic rings. The molecule has 7 heteroatoms. The minimum absolute atomic E-state index is 0.0476. The van der Waals surface area contributed by atoms with Gasteiger partial charge in [-0.2, -0.15) is 4.98 Å². The van der Waals surface area contributed by atoms with Crippen molar-refractivity contribution in [1.29, 1.82) is 0 Å². The zero-order valence-electron chi connectivity index (χ0n) is 13.9. The number of aryl methyl sites for hydroxylation is 1. The minimum Gasteiger partial charge on any atom is -0.478 e. The zero-order valence-corrected chi connectivity index (χ0v) is 13.9. The highest BCUT2D eigenvalue weighted by atomic mass is 16.5. The number of rotatable bonds is 6. The topological polar surface area (TPSA) is 101 Å². The van der Waals surface area contributed by atoms with Crippen molar-refractivity contribution in [2.75, 3.05) is 0 Å². The molecule has 1 atom stereocenters. The lowest BCUT2D eigenvalue weighted by atomic mass is 10.1. The Morgan fingerprint density at radius 3 is 2.72 bits per heavy atom. The number of nitrogens with zero attached hydrogens (tertiary/aromatic N) is 3. The lowest BCUT2D eigenvalue weighted by molar-refractivity contribution is 0.0697. The number of hydrogen-bond acceptors (Lipinski definition) is 6. The summed E-state index contributed by atoms with van der Waals surface area (Å²) < 4.78 is 5.25. The van der Waals surface area contributed by atoms with Crippen molar-refractivity contribution in [3.8, 4) is 11.4 Å². The Morgan fingerprint density at radius 2 is 2.04 bits per heavy atom. The summed E-state index contributed by atoms with van der Waals surface area (Å²) in [4.78, 5) is 19.6. The van der Waals surface area contributed by atoms with Crippen LogP contribution in [0, 0.1) is 6.92 Å². The van der Waals surface area contributed by atoms with Gasteiger partial charge in [0.25, 0.3) is 0 Å². The second kappa shape index (κ2) is 7.23. The van der Waals surface area contributed by atoms with Gasteiger partial charge in [-0.3, -0.25) is 4.98 Å². The fraction of sp³-hybridized carbons (Fsp3) is 0.222. The van der Waals surface area contributed by atoms with E-state index < -0.39 is 5.97 Å². The van der Waals surface area contributed by atoms with Gasteiger partial charge in [-0.25, -0.2) is 4.79 Å². The number of aromatic nitrogens is 3. The highest BCUT2D eigenvalue weighted by molar-refractivity contribution is 5.88. The van der Waals surface area contributed by atoms with E-state index in [0.29, 0.717) is 23.8 Å². The molecule has 2 N–H and O–H groups in total. The molecule has 2 aromatic heterocycles. The third-order valence-electron chi connectivity index (χ3n) is 3.88. The molecule has 0 fully saturated rings. The van der Waals surface area contributed by atoms with Gasteiger partial charge in [0.2, 0.25) is 11.7 Å². The number of pyridine rings is 1. The Hall–Kier alpha value is -3.06. The molecule has 0 amide bonds. The van der Waals surface area contributed by atoms with Gasteiger partial charge in [0, 0.05) is 17.8 Å². The molecule has 0 aliphatic carbocycles. The summed E-state index contributed by atoms with van der Waals surface area (Å²) in [5, 5.41) is 16.2. The maximum atomic E-state index is 10.9. The van der Waals surface area contributed by atoms with Crippen LogP contribution in [0.15, 0.2) is 47.1 Å². The molecular formula is C18H18N4O3. The largest absolute Gasteiger partial charge is 0.478 e. The Bertz CT molecular complexity index is 874. The van der Waals surface area contributed by atoms with Gasteiger partial charge in [-0.1, -0.05) is 23.4 Å². The smallest absolute Gasteiger partial charge is 0.335 e. The first kappa shape index (κ1) is 16.8. The van der Waals surface area contributed by atoms with Crippen molar-refractivity contribution in [1.82, 2.24) is 20.4 Å². The molecule has 0 spiro atoms. The molecule has 0 unspecified atom stereocenters. The van der Waals surface area contributed by atoms with Crippen molar-refractivity contribution in [3.63, 3.8) is 0 Å². The van der Waals surface area contributed by atoms with E-state index in [0.717, 1.165) is 11.3 Å². The summed E-state index contributed by atoms with van der Waals surface area (Å²) in [7, 11) is 0. The van der Waals surface area contributed by atoms with E-state index in [-0.39, 0.29) is 11.6 Å². The number of hydrogen-bond donors (Lipinski definition) is 2. The molecule has 25 heavy (non-hydrogen) atoms. The molecule has 0 saturated heterocycles. The van der Waals surface area contributed by atoms with Crippen molar-refractivity contribution in [3.05, 3.63) is 65.3 Å². The van der Waals surface area contributed by atoms with E-state index in [2.05, 4.69) is 20.4 Å². The number of aromatic carboxylic acids is 1. The maximum Gasteiger partial charge on any atom is 0.335 e. The fourth-order valence-electron chi connectivity index (χ4n) is 2.49. The number of nitrogens with one attached hydrogen (secondary N) is 1. The van der Waals surface area contributed by atoms with Crippen LogP contribution < -0.4 is 5.32 Å². The summed E-state index contributed by atoms with van der Waals surface area (Å²) in [6.45, 7) is 4.46. The number of carbonyl (C=O) groups is 1. The Kier molecular flexibility index (Phi) is 4.85. The first-order chi connectivity index (χ1) is 12.0. The molecule has 0 radical (unpaired) electrons. The highest BCUT2D eigenvalue weighted by Crippen LogP contribution is 2.18. The quantitative estimate of drug-likeness (QED) is 0.712. The SMILES string of the molecule is Cc1cccnc1[C@H](C)NCc1nc(-c2ccc(C(=O)O)cc2)no1. The van der Waals surface area contributed by atoms with Crippen LogP contribution >= 0.6 is 0 Å². The van der Waals surface area contributed by atoms with Crippen LogP contribution in [0.5, 0.6) is 0 Å². The molecule has 0 saturated carbocycles. The van der Waals surface area contributed by atoms with E-state index in [4.69, 9.17) is 9.63 Å². The van der Waals surface area contributed by atoms with Crippen LogP contribution in [0.4, 0.5) is 0 Å². The molecule has 0 aliphatic heterocycles. The van der Waals surface area contributed by atoms with Gasteiger partial charge in [-0.05, 0) is 37.6 Å². The van der Waals surface area contributed by atoms with Crippen LogP contribution in [0.1, 0.15) is 40.5 Å². The summed E-state index contributed by atoms with van der Waals surface area (Å²) in [5.74, 6) is -0.0866. The minimum atomic E-state index is -0.969. The van der Waals surface area contributed by atoms with Crippen molar-refractivity contribution >= 4 is 5.97 Å². The highest BCUT2D eigenvalue weighted by Gasteiger charge is 2.13. The summed E-state index contributed by atoms with van der Waals surface area (Å²) in [6.07, 6.45) is 1.77. The molecule has 3 rings (SSSR count). The molecule has 2 heterocycles. The van der Waals surface area contributed by atoms with Crippen molar-refractivity contribution in [2.45, 2.75) is 26.4 Å². The third kappa shape index (κ3) is 3.89. The predicted molar refractivity (Wildman–Crippen MR) is 90.9 cm³/mol. The van der Waals surface area contributed by atoms with Gasteiger partial charge >= 0.3 is 5.97 Å². The number of carboxylic acid groups (broad SMARTS) is 1. The van der Waals surface area contributed by atoms with Gasteiger partial charge in [-0.15, -0.1) is 0 Å². The first-order valence-corrected chi connectivity index (χ1v) is 7.86. The average Bonchev–Trinajstić information content (AvgIpc) is 3.09. The zero-order chi connectivity index (χ0) is 17.8. The van der Waals surface area contributed by atoms with E-state index >= 15 is 0 Å². The fourth-order valence-corrected chi connectivity index (χ4v) is 2.49. The monoisotopic (exact) mass is 338 g/mol. The van der Waals surface area contributed by atoms with Gasteiger partial charge < -0.3 is 14.9 Å². The van der Waals surface area contributed by atoms with Crippen molar-refractivity contribution in [2.24, 2.45) is 0 Å². The van der Waals surface area contributed by atoms with Gasteiger partial charge in [0.15, 0.2) is 0 Å². The molecule has 128 valence electrons. The van der Waals surface area contributed by atoms with Crippen LogP contribution in [0.25, 0.3) is 11.4 Å². The molecule has 7 nitrogen and oxygen atoms in total. The second-order valence-corrected chi connectivity index (χ2v) is 5.70. The molecule has 1 aromatic carbocycles. The molecule has 0 bridgehead atoms. The lowest BCUT2D eigenvalue weighted by Crippen LogP contribution is -2.20. The maximum absolute atomic E-state index is 10.9. The van der Waals surface area contributed by atoms with E-state index in [1.54, 1.807) is 18.3 Å². The van der Waals surface area contributed by atoms with E-state index in [9.17, 15) is 4.79 Å². The average molecular weight is 338 g/mol. The summed E-state index contributed by atoms with van der Waals surface area (Å²) >= 11 is 0. The normalized spacial score (nSPS) is 12.1. The number of carboxylic acids is 1.